The highest BCUT2D eigenvalue weighted by Gasteiger charge is 2.48. The molecule has 1 N–H and O–H groups in total. The molecule has 1 heterocycles. The van der Waals surface area contributed by atoms with Gasteiger partial charge in [-0.25, -0.2) is 0 Å². The second-order valence-electron chi connectivity index (χ2n) is 7.47. The normalized spacial score (nSPS) is 21.6. The Morgan fingerprint density at radius 1 is 1.04 bits per heavy atom. The quantitative estimate of drug-likeness (QED) is 0.772. The fourth-order valence-electron chi connectivity index (χ4n) is 4.13. The van der Waals surface area contributed by atoms with Crippen molar-refractivity contribution in [2.45, 2.75) is 32.6 Å². The zero-order valence-electron chi connectivity index (χ0n) is 15.6. The van der Waals surface area contributed by atoms with Gasteiger partial charge in [0.2, 0.25) is 11.8 Å². The Morgan fingerprint density at radius 2 is 1.71 bits per heavy atom. The number of imide groups is 1. The molecule has 2 aromatic carbocycles. The molecule has 4 rings (SSSR count). The van der Waals surface area contributed by atoms with Crippen LogP contribution in [0.5, 0.6) is 0 Å². The van der Waals surface area contributed by atoms with Crippen LogP contribution in [0.4, 0.5) is 11.4 Å². The summed E-state index contributed by atoms with van der Waals surface area (Å²) in [6.45, 7) is 1.88. The minimum atomic E-state index is -0.316. The van der Waals surface area contributed by atoms with Gasteiger partial charge in [0.05, 0.1) is 17.5 Å². The standard InChI is InChI=1S/C22H21ClN2O3/c1-13-9-10-15(23)12-19(13)24-20(26)14-5-4-6-16(11-14)25-21(27)17-7-2-3-8-18(17)22(25)28/h4-6,9-12,17-18H,2-3,7-8H2,1H3,(H,24,26)/t17-,18-/m0/s1. The monoisotopic (exact) mass is 396 g/mol. The Labute approximate surface area is 168 Å². The minimum absolute atomic E-state index is 0.141. The number of anilines is 2. The number of carbonyl (C=O) groups excluding carboxylic acids is 3. The number of benzene rings is 2. The third kappa shape index (κ3) is 3.31. The van der Waals surface area contributed by atoms with Crippen molar-refractivity contribution in [2.24, 2.45) is 11.8 Å². The van der Waals surface area contributed by atoms with Gasteiger partial charge in [-0.15, -0.1) is 0 Å². The molecule has 0 radical (unpaired) electrons. The van der Waals surface area contributed by atoms with Crippen LogP contribution < -0.4 is 10.2 Å². The first-order valence-corrected chi connectivity index (χ1v) is 9.89. The predicted octanol–water partition coefficient (Wildman–Crippen LogP) is 4.58. The number of nitrogens with one attached hydrogen (secondary N) is 1. The molecule has 0 spiro atoms. The maximum absolute atomic E-state index is 12.8. The van der Waals surface area contributed by atoms with E-state index >= 15 is 0 Å². The van der Waals surface area contributed by atoms with Crippen LogP contribution >= 0.6 is 11.6 Å². The summed E-state index contributed by atoms with van der Waals surface area (Å²) in [6, 6.07) is 11.9. The van der Waals surface area contributed by atoms with Crippen LogP contribution in [0.2, 0.25) is 5.02 Å². The minimum Gasteiger partial charge on any atom is -0.322 e. The molecule has 144 valence electrons. The second kappa shape index (κ2) is 7.40. The number of fused-ring (bicyclic) bond motifs is 1. The summed E-state index contributed by atoms with van der Waals surface area (Å²) in [5.74, 6) is -1.03. The lowest BCUT2D eigenvalue weighted by Crippen LogP contribution is -2.31. The average Bonchev–Trinajstić information content (AvgIpc) is 2.95. The Balaban J connectivity index is 1.59. The lowest BCUT2D eigenvalue weighted by molar-refractivity contribution is -0.122. The van der Waals surface area contributed by atoms with Crippen LogP contribution in [0.3, 0.4) is 0 Å². The van der Waals surface area contributed by atoms with Gasteiger partial charge >= 0.3 is 0 Å². The van der Waals surface area contributed by atoms with Crippen LogP contribution in [-0.2, 0) is 9.59 Å². The number of carbonyl (C=O) groups is 3. The first-order valence-electron chi connectivity index (χ1n) is 9.51. The van der Waals surface area contributed by atoms with Crippen molar-refractivity contribution in [1.29, 1.82) is 0 Å². The van der Waals surface area contributed by atoms with E-state index in [1.165, 1.54) is 4.90 Å². The smallest absolute Gasteiger partial charge is 0.255 e. The molecule has 2 atom stereocenters. The van der Waals surface area contributed by atoms with E-state index in [4.69, 9.17) is 11.6 Å². The molecule has 2 fully saturated rings. The van der Waals surface area contributed by atoms with Crippen LogP contribution in [0.25, 0.3) is 0 Å². The molecule has 2 aromatic rings. The largest absolute Gasteiger partial charge is 0.322 e. The molecule has 2 aliphatic rings. The van der Waals surface area contributed by atoms with E-state index in [1.807, 2.05) is 13.0 Å². The van der Waals surface area contributed by atoms with Gasteiger partial charge in [0.25, 0.3) is 5.91 Å². The molecule has 3 amide bonds. The van der Waals surface area contributed by atoms with Gasteiger partial charge in [-0.2, -0.15) is 0 Å². The Bertz CT molecular complexity index is 948. The summed E-state index contributed by atoms with van der Waals surface area (Å²) in [6.07, 6.45) is 3.49. The topological polar surface area (TPSA) is 66.5 Å². The first kappa shape index (κ1) is 18.7. The van der Waals surface area contributed by atoms with Crippen molar-refractivity contribution >= 4 is 40.7 Å². The number of rotatable bonds is 3. The second-order valence-corrected chi connectivity index (χ2v) is 7.91. The third-order valence-corrected chi connectivity index (χ3v) is 5.89. The summed E-state index contributed by atoms with van der Waals surface area (Å²) in [5, 5.41) is 3.38. The number of halogens is 1. The highest BCUT2D eigenvalue weighted by atomic mass is 35.5. The number of hydrogen-bond acceptors (Lipinski definition) is 3. The fourth-order valence-corrected chi connectivity index (χ4v) is 4.30. The SMILES string of the molecule is Cc1ccc(Cl)cc1NC(=O)c1cccc(N2C(=O)[C@H]3CCCC[C@@H]3C2=O)c1. The van der Waals surface area contributed by atoms with Gasteiger partial charge < -0.3 is 5.32 Å². The van der Waals surface area contributed by atoms with Crippen molar-refractivity contribution in [3.05, 3.63) is 58.6 Å². The highest BCUT2D eigenvalue weighted by molar-refractivity contribution is 6.31. The summed E-state index contributed by atoms with van der Waals surface area (Å²) in [5.41, 5.74) is 2.36. The maximum Gasteiger partial charge on any atom is 0.255 e. The van der Waals surface area contributed by atoms with Crippen LogP contribution in [0.15, 0.2) is 42.5 Å². The molecule has 0 unspecified atom stereocenters. The molecule has 1 saturated carbocycles. The molecular weight excluding hydrogens is 376 g/mol. The number of hydrogen-bond donors (Lipinski definition) is 1. The summed E-state index contributed by atoms with van der Waals surface area (Å²) in [4.78, 5) is 39.6. The molecule has 1 aliphatic heterocycles. The fraction of sp³-hybridized carbons (Fsp3) is 0.318. The van der Waals surface area contributed by atoms with Gasteiger partial charge in [0, 0.05) is 16.3 Å². The van der Waals surface area contributed by atoms with E-state index in [9.17, 15) is 14.4 Å². The molecule has 1 aliphatic carbocycles. The molecule has 0 aromatic heterocycles. The average molecular weight is 397 g/mol. The zero-order valence-corrected chi connectivity index (χ0v) is 16.3. The lowest BCUT2D eigenvalue weighted by Gasteiger charge is -2.19. The van der Waals surface area contributed by atoms with Crippen LogP contribution in [-0.4, -0.2) is 17.7 Å². The van der Waals surface area contributed by atoms with E-state index < -0.39 is 0 Å². The van der Waals surface area contributed by atoms with Gasteiger partial charge in [0.1, 0.15) is 0 Å². The van der Waals surface area contributed by atoms with E-state index in [2.05, 4.69) is 5.32 Å². The van der Waals surface area contributed by atoms with Gasteiger partial charge in [-0.05, 0) is 55.7 Å². The highest BCUT2D eigenvalue weighted by Crippen LogP contribution is 2.40. The third-order valence-electron chi connectivity index (χ3n) is 5.66. The van der Waals surface area contributed by atoms with Gasteiger partial charge in [0.15, 0.2) is 0 Å². The van der Waals surface area contributed by atoms with Crippen LogP contribution in [0, 0.1) is 18.8 Å². The van der Waals surface area contributed by atoms with Crippen molar-refractivity contribution in [3.63, 3.8) is 0 Å². The molecule has 6 heteroatoms. The van der Waals surface area contributed by atoms with Crippen molar-refractivity contribution in [3.8, 4) is 0 Å². The number of aryl methyl sites for hydroxylation is 1. The molecular formula is C22H21ClN2O3. The number of nitrogens with zero attached hydrogens (tertiary/aromatic N) is 1. The van der Waals surface area contributed by atoms with Crippen molar-refractivity contribution in [1.82, 2.24) is 0 Å². The number of amides is 3. The zero-order chi connectivity index (χ0) is 19.8. The maximum atomic E-state index is 12.8. The summed E-state index contributed by atoms with van der Waals surface area (Å²) < 4.78 is 0. The van der Waals surface area contributed by atoms with E-state index in [-0.39, 0.29) is 29.6 Å². The van der Waals surface area contributed by atoms with Crippen LogP contribution in [0.1, 0.15) is 41.6 Å². The van der Waals surface area contributed by atoms with Crippen molar-refractivity contribution in [2.75, 3.05) is 10.2 Å². The van der Waals surface area contributed by atoms with Crippen molar-refractivity contribution < 1.29 is 14.4 Å². The Hall–Kier alpha value is -2.66. The first-order chi connectivity index (χ1) is 13.5. The molecule has 1 saturated heterocycles. The summed E-state index contributed by atoms with van der Waals surface area (Å²) >= 11 is 6.02. The summed E-state index contributed by atoms with van der Waals surface area (Å²) in [7, 11) is 0. The Morgan fingerprint density at radius 3 is 2.39 bits per heavy atom. The van der Waals surface area contributed by atoms with E-state index in [1.54, 1.807) is 36.4 Å². The van der Waals surface area contributed by atoms with Gasteiger partial charge in [-0.3, -0.25) is 19.3 Å². The predicted molar refractivity (Wildman–Crippen MR) is 109 cm³/mol. The molecule has 0 bridgehead atoms. The lowest BCUT2D eigenvalue weighted by atomic mass is 9.81. The van der Waals surface area contributed by atoms with Gasteiger partial charge in [-0.1, -0.05) is 36.6 Å². The van der Waals surface area contributed by atoms with E-state index in [0.29, 0.717) is 22.0 Å². The Kier molecular flexibility index (Phi) is 4.94. The molecule has 28 heavy (non-hydrogen) atoms. The van der Waals surface area contributed by atoms with E-state index in [0.717, 1.165) is 31.2 Å². The molecule has 5 nitrogen and oxygen atoms in total.